The van der Waals surface area contributed by atoms with Crippen molar-refractivity contribution in [2.24, 2.45) is 5.92 Å². The fraction of sp³-hybridized carbons (Fsp3) is 0.455. The van der Waals surface area contributed by atoms with E-state index < -0.39 is 30.4 Å². The van der Waals surface area contributed by atoms with Gasteiger partial charge in [-0.1, -0.05) is 24.3 Å². The maximum absolute atomic E-state index is 13.5. The highest BCUT2D eigenvalue weighted by molar-refractivity contribution is 5.40. The quantitative estimate of drug-likeness (QED) is 0.613. The van der Waals surface area contributed by atoms with Crippen molar-refractivity contribution in [3.05, 3.63) is 65.0 Å². The van der Waals surface area contributed by atoms with Crippen LogP contribution in [-0.4, -0.2) is 24.4 Å². The van der Waals surface area contributed by atoms with E-state index in [0.717, 1.165) is 29.0 Å². The second kappa shape index (κ2) is 9.13. The number of alkyl halides is 3. The van der Waals surface area contributed by atoms with Crippen LogP contribution in [0.3, 0.4) is 0 Å². The Morgan fingerprint density at radius 1 is 1.17 bits per heavy atom. The molecule has 0 aromatic heterocycles. The molecule has 0 saturated carbocycles. The SMILES string of the molecule is Cc1ccc2c(c1)OCC[C@@H]2NCC[C@H](CC(O)c1ccc(F)cc1)C(F)(F)F. The number of halogens is 4. The van der Waals surface area contributed by atoms with Gasteiger partial charge in [0.25, 0.3) is 0 Å². The predicted molar refractivity (Wildman–Crippen MR) is 102 cm³/mol. The van der Waals surface area contributed by atoms with Gasteiger partial charge in [0, 0.05) is 18.0 Å². The second-order valence-corrected chi connectivity index (χ2v) is 7.52. The molecule has 0 bridgehead atoms. The van der Waals surface area contributed by atoms with Crippen LogP contribution in [0.5, 0.6) is 5.75 Å². The summed E-state index contributed by atoms with van der Waals surface area (Å²) in [5, 5.41) is 13.4. The molecule has 7 heteroatoms. The molecule has 0 radical (unpaired) electrons. The lowest BCUT2D eigenvalue weighted by Crippen LogP contribution is -2.32. The molecule has 0 amide bonds. The van der Waals surface area contributed by atoms with Gasteiger partial charge < -0.3 is 15.2 Å². The number of nitrogens with one attached hydrogen (secondary N) is 1. The molecular formula is C22H25F4NO2. The highest BCUT2D eigenvalue weighted by Crippen LogP contribution is 2.37. The van der Waals surface area contributed by atoms with Crippen LogP contribution >= 0.6 is 0 Å². The molecule has 158 valence electrons. The van der Waals surface area contributed by atoms with Gasteiger partial charge in [0.2, 0.25) is 0 Å². The molecule has 0 fully saturated rings. The van der Waals surface area contributed by atoms with E-state index in [2.05, 4.69) is 5.32 Å². The number of rotatable bonds is 7. The van der Waals surface area contributed by atoms with Crippen LogP contribution in [0.2, 0.25) is 0 Å². The van der Waals surface area contributed by atoms with Gasteiger partial charge in [0.1, 0.15) is 11.6 Å². The van der Waals surface area contributed by atoms with Gasteiger partial charge in [0.05, 0.1) is 18.6 Å². The molecule has 2 aromatic rings. The summed E-state index contributed by atoms with van der Waals surface area (Å²) in [4.78, 5) is 0. The fourth-order valence-corrected chi connectivity index (χ4v) is 3.65. The monoisotopic (exact) mass is 411 g/mol. The van der Waals surface area contributed by atoms with Crippen molar-refractivity contribution in [1.82, 2.24) is 5.32 Å². The van der Waals surface area contributed by atoms with Crippen LogP contribution in [0.25, 0.3) is 0 Å². The van der Waals surface area contributed by atoms with Crippen LogP contribution in [-0.2, 0) is 0 Å². The number of aliphatic hydroxyl groups is 1. The Hall–Kier alpha value is -2.12. The van der Waals surface area contributed by atoms with Crippen molar-refractivity contribution in [2.75, 3.05) is 13.2 Å². The number of aryl methyl sites for hydroxylation is 1. The molecule has 0 aliphatic carbocycles. The first-order chi connectivity index (χ1) is 13.7. The summed E-state index contributed by atoms with van der Waals surface area (Å²) >= 11 is 0. The molecule has 29 heavy (non-hydrogen) atoms. The molecule has 1 heterocycles. The fourth-order valence-electron chi connectivity index (χ4n) is 3.65. The lowest BCUT2D eigenvalue weighted by Gasteiger charge is -2.28. The van der Waals surface area contributed by atoms with Gasteiger partial charge in [-0.25, -0.2) is 4.39 Å². The Bertz CT molecular complexity index is 807. The molecule has 2 N–H and O–H groups in total. The third-order valence-corrected chi connectivity index (χ3v) is 5.32. The predicted octanol–water partition coefficient (Wildman–Crippen LogP) is 5.24. The molecular weight excluding hydrogens is 386 g/mol. The van der Waals surface area contributed by atoms with Gasteiger partial charge in [-0.05, 0) is 55.6 Å². The van der Waals surface area contributed by atoms with Crippen LogP contribution in [0.4, 0.5) is 17.6 Å². The molecule has 1 aliphatic heterocycles. The van der Waals surface area contributed by atoms with E-state index in [1.165, 1.54) is 12.1 Å². The summed E-state index contributed by atoms with van der Waals surface area (Å²) in [6.07, 6.45) is -5.65. The number of ether oxygens (including phenoxy) is 1. The van der Waals surface area contributed by atoms with Gasteiger partial charge in [-0.15, -0.1) is 0 Å². The van der Waals surface area contributed by atoms with Crippen molar-refractivity contribution >= 4 is 0 Å². The third kappa shape index (κ3) is 5.70. The smallest absolute Gasteiger partial charge is 0.391 e. The van der Waals surface area contributed by atoms with Gasteiger partial charge in [-0.2, -0.15) is 13.2 Å². The van der Waals surface area contributed by atoms with Gasteiger partial charge in [-0.3, -0.25) is 0 Å². The summed E-state index contributed by atoms with van der Waals surface area (Å²) in [7, 11) is 0. The zero-order valence-corrected chi connectivity index (χ0v) is 16.2. The van der Waals surface area contributed by atoms with E-state index in [0.29, 0.717) is 13.0 Å². The zero-order chi connectivity index (χ0) is 21.0. The summed E-state index contributed by atoms with van der Waals surface area (Å²) in [6, 6.07) is 10.7. The first-order valence-electron chi connectivity index (χ1n) is 9.71. The molecule has 1 aliphatic rings. The van der Waals surface area contributed by atoms with Crippen LogP contribution in [0, 0.1) is 18.7 Å². The Morgan fingerprint density at radius 3 is 2.59 bits per heavy atom. The third-order valence-electron chi connectivity index (χ3n) is 5.32. The van der Waals surface area contributed by atoms with E-state index in [9.17, 15) is 22.7 Å². The van der Waals surface area contributed by atoms with Crippen molar-refractivity contribution in [2.45, 2.75) is 44.5 Å². The highest BCUT2D eigenvalue weighted by atomic mass is 19.4. The van der Waals surface area contributed by atoms with E-state index >= 15 is 0 Å². The Balaban J connectivity index is 1.60. The van der Waals surface area contributed by atoms with Crippen LogP contribution in [0.15, 0.2) is 42.5 Å². The number of hydrogen-bond acceptors (Lipinski definition) is 3. The normalized spacial score (nSPS) is 18.6. The number of aliphatic hydroxyl groups excluding tert-OH is 1. The summed E-state index contributed by atoms with van der Waals surface area (Å²) in [6.45, 7) is 2.64. The molecule has 3 nitrogen and oxygen atoms in total. The topological polar surface area (TPSA) is 41.5 Å². The Kier molecular flexibility index (Phi) is 6.80. The summed E-state index contributed by atoms with van der Waals surface area (Å²) in [5.41, 5.74) is 2.30. The van der Waals surface area contributed by atoms with Crippen LogP contribution in [0.1, 0.15) is 48.1 Å². The molecule has 3 atom stereocenters. The van der Waals surface area contributed by atoms with Crippen molar-refractivity contribution in [3.63, 3.8) is 0 Å². The summed E-state index contributed by atoms with van der Waals surface area (Å²) in [5.74, 6) is -1.38. The molecule has 3 rings (SSSR count). The minimum absolute atomic E-state index is 0.0599. The van der Waals surface area contributed by atoms with Crippen molar-refractivity contribution in [3.8, 4) is 5.75 Å². The zero-order valence-electron chi connectivity index (χ0n) is 16.2. The van der Waals surface area contributed by atoms with E-state index in [1.54, 1.807) is 0 Å². The minimum Gasteiger partial charge on any atom is -0.493 e. The highest BCUT2D eigenvalue weighted by Gasteiger charge is 2.40. The molecule has 2 aromatic carbocycles. The standard InChI is InChI=1S/C22H25F4NO2/c1-14-2-7-18-19(9-11-29-21(18)12-14)27-10-8-16(22(24,25)26)13-20(28)15-3-5-17(23)6-4-15/h2-7,12,16,19-20,27-28H,8-11,13H2,1H3/t16-,19+,20?/m1/s1. The maximum Gasteiger partial charge on any atom is 0.391 e. The lowest BCUT2D eigenvalue weighted by atomic mass is 9.93. The second-order valence-electron chi connectivity index (χ2n) is 7.52. The number of hydrogen-bond donors (Lipinski definition) is 2. The average molecular weight is 411 g/mol. The molecule has 0 saturated heterocycles. The molecule has 0 spiro atoms. The van der Waals surface area contributed by atoms with Crippen LogP contribution < -0.4 is 10.1 Å². The maximum atomic E-state index is 13.5. The average Bonchev–Trinajstić information content (AvgIpc) is 2.66. The Labute approximate surface area is 167 Å². The van der Waals surface area contributed by atoms with Crippen molar-refractivity contribution < 1.29 is 27.4 Å². The minimum atomic E-state index is -4.42. The first kappa shape index (κ1) is 21.6. The van der Waals surface area contributed by atoms with Crippen molar-refractivity contribution in [1.29, 1.82) is 0 Å². The van der Waals surface area contributed by atoms with E-state index in [-0.39, 0.29) is 24.6 Å². The van der Waals surface area contributed by atoms with E-state index in [4.69, 9.17) is 4.74 Å². The number of fused-ring (bicyclic) bond motifs is 1. The van der Waals surface area contributed by atoms with Gasteiger partial charge in [0.15, 0.2) is 0 Å². The largest absolute Gasteiger partial charge is 0.493 e. The number of benzene rings is 2. The summed E-state index contributed by atoms with van der Waals surface area (Å²) < 4.78 is 59.1. The van der Waals surface area contributed by atoms with E-state index in [1.807, 2.05) is 25.1 Å². The first-order valence-corrected chi connectivity index (χ1v) is 9.71. The Morgan fingerprint density at radius 2 is 1.90 bits per heavy atom. The van der Waals surface area contributed by atoms with Gasteiger partial charge >= 0.3 is 6.18 Å². The lowest BCUT2D eigenvalue weighted by molar-refractivity contribution is -0.183. The molecule has 1 unspecified atom stereocenters.